The van der Waals surface area contributed by atoms with Crippen LogP contribution in [0.4, 0.5) is 0 Å². The first-order valence-electron chi connectivity index (χ1n) is 15.1. The van der Waals surface area contributed by atoms with Gasteiger partial charge in [0.25, 0.3) is 0 Å². The van der Waals surface area contributed by atoms with E-state index in [2.05, 4.69) is 88.5 Å². The van der Waals surface area contributed by atoms with Crippen molar-refractivity contribution >= 4 is 49.3 Å². The van der Waals surface area contributed by atoms with Crippen molar-refractivity contribution in [2.45, 2.75) is 0 Å². The van der Waals surface area contributed by atoms with E-state index in [1.165, 1.54) is 5.39 Å². The monoisotopic (exact) mass is 786 g/mol. The van der Waals surface area contributed by atoms with Gasteiger partial charge in [0.1, 0.15) is 16.9 Å². The molecule has 0 saturated carbocycles. The SMILES string of the molecule is [Pt].[c-]1nn(-c2ccccc2)c2c3cc(-c4ccc5c(c4)c4ccccc4n5-c4ccccc4)oc3c3c(-c4ccccn4)cnn3c12. The zero-order valence-corrected chi connectivity index (χ0v) is 27.0. The van der Waals surface area contributed by atoms with Crippen LogP contribution in [-0.4, -0.2) is 28.9 Å². The minimum Gasteiger partial charge on any atom is -0.455 e. The largest absolute Gasteiger partial charge is 0.455 e. The van der Waals surface area contributed by atoms with Crippen molar-refractivity contribution in [3.63, 3.8) is 0 Å². The third-order valence-electron chi connectivity index (χ3n) is 8.79. The Morgan fingerprint density at radius 3 is 2.19 bits per heavy atom. The first-order valence-corrected chi connectivity index (χ1v) is 15.1. The van der Waals surface area contributed by atoms with Gasteiger partial charge in [-0.25, -0.2) is 0 Å². The Labute approximate surface area is 282 Å². The van der Waals surface area contributed by atoms with Crippen LogP contribution >= 0.6 is 0 Å². The molecule has 47 heavy (non-hydrogen) atoms. The molecule has 7 nitrogen and oxygen atoms in total. The molecule has 0 N–H and O–H groups in total. The molecule has 0 fully saturated rings. The average Bonchev–Trinajstić information content (AvgIpc) is 3.91. The van der Waals surface area contributed by atoms with Gasteiger partial charge >= 0.3 is 0 Å². The van der Waals surface area contributed by atoms with Gasteiger partial charge in [-0.2, -0.15) is 5.10 Å². The molecule has 0 aliphatic rings. The molecule has 0 aliphatic carbocycles. The number of nitrogens with zero attached hydrogens (tertiary/aromatic N) is 6. The van der Waals surface area contributed by atoms with Crippen LogP contribution in [0.25, 0.3) is 83.3 Å². The van der Waals surface area contributed by atoms with Crippen molar-refractivity contribution in [3.8, 4) is 34.0 Å². The fourth-order valence-corrected chi connectivity index (χ4v) is 6.76. The van der Waals surface area contributed by atoms with E-state index in [-0.39, 0.29) is 21.1 Å². The number of rotatable bonds is 4. The van der Waals surface area contributed by atoms with Crippen molar-refractivity contribution < 1.29 is 25.5 Å². The zero-order valence-electron chi connectivity index (χ0n) is 24.7. The van der Waals surface area contributed by atoms with Gasteiger partial charge in [0, 0.05) is 60.5 Å². The molecule has 0 radical (unpaired) electrons. The number of pyridine rings is 2. The summed E-state index contributed by atoms with van der Waals surface area (Å²) in [6.45, 7) is 0. The maximum Gasteiger partial charge on any atom is 0.145 e. The van der Waals surface area contributed by atoms with Gasteiger partial charge in [-0.1, -0.05) is 72.4 Å². The predicted octanol–water partition coefficient (Wildman–Crippen LogP) is 9.04. The maximum atomic E-state index is 6.86. The molecule has 10 rings (SSSR count). The summed E-state index contributed by atoms with van der Waals surface area (Å²) in [5.74, 6) is 0.761. The topological polar surface area (TPSA) is 66.1 Å². The first-order chi connectivity index (χ1) is 22.8. The number of fused-ring (bicyclic) bond motifs is 9. The second kappa shape index (κ2) is 10.6. The fraction of sp³-hybridized carbons (Fsp3) is 0. The molecular weight excluding hydrogens is 764 g/mol. The normalized spacial score (nSPS) is 11.7. The number of para-hydroxylation sites is 3. The van der Waals surface area contributed by atoms with E-state index in [4.69, 9.17) is 14.6 Å². The third-order valence-corrected chi connectivity index (χ3v) is 8.79. The summed E-state index contributed by atoms with van der Waals surface area (Å²) in [6.07, 6.45) is 6.89. The van der Waals surface area contributed by atoms with E-state index in [0.717, 1.165) is 77.9 Å². The Bertz CT molecular complexity index is 2630. The number of hydrogen-bond acceptors (Lipinski definition) is 4. The predicted molar refractivity (Wildman–Crippen MR) is 181 cm³/mol. The number of hydrogen-bond donors (Lipinski definition) is 0. The summed E-state index contributed by atoms with van der Waals surface area (Å²) in [5, 5.41) is 12.8. The van der Waals surface area contributed by atoms with Crippen LogP contribution < -0.4 is 0 Å². The van der Waals surface area contributed by atoms with Crippen molar-refractivity contribution in [2.24, 2.45) is 0 Å². The molecule has 0 spiro atoms. The second-order valence-electron chi connectivity index (χ2n) is 11.4. The smallest absolute Gasteiger partial charge is 0.145 e. The van der Waals surface area contributed by atoms with E-state index in [0.29, 0.717) is 0 Å². The standard InChI is InChI=1S/C39H23N6O.Pt/c1-3-11-26(12-4-1)43-33-17-8-7-15-28(33)29-21-25(18-19-34(29)43)36-22-30-37-35(24-42-44(37)27-13-5-2-6-14-27)45-38(39(30)46-36)31(23-41-45)32-16-9-10-20-40-32;/h1-23H;/q-1;. The minimum absolute atomic E-state index is 0. The Hall–Kier alpha value is -5.78. The van der Waals surface area contributed by atoms with Gasteiger partial charge in [-0.3, -0.25) is 14.6 Å². The Morgan fingerprint density at radius 2 is 1.38 bits per heavy atom. The van der Waals surface area contributed by atoms with Gasteiger partial charge in [0.15, 0.2) is 0 Å². The van der Waals surface area contributed by atoms with Crippen LogP contribution in [0.5, 0.6) is 0 Å². The van der Waals surface area contributed by atoms with Crippen LogP contribution in [-0.2, 0) is 21.1 Å². The molecule has 6 heterocycles. The summed E-state index contributed by atoms with van der Waals surface area (Å²) in [7, 11) is 0. The van der Waals surface area contributed by atoms with Crippen LogP contribution in [0.1, 0.15) is 0 Å². The molecule has 0 bridgehead atoms. The van der Waals surface area contributed by atoms with Gasteiger partial charge in [0.2, 0.25) is 0 Å². The fourth-order valence-electron chi connectivity index (χ4n) is 6.76. The van der Waals surface area contributed by atoms with Crippen LogP contribution in [0, 0.1) is 6.20 Å². The van der Waals surface area contributed by atoms with Crippen LogP contribution in [0.3, 0.4) is 0 Å². The molecule has 8 heteroatoms. The summed E-state index contributed by atoms with van der Waals surface area (Å²) < 4.78 is 13.0. The molecule has 0 aliphatic heterocycles. The molecular formula is C39H23N6OPt-. The minimum atomic E-state index is 0. The van der Waals surface area contributed by atoms with Crippen molar-refractivity contribution in [1.82, 2.24) is 28.9 Å². The Kier molecular flexibility index (Phi) is 6.24. The molecule has 0 amide bonds. The summed E-state index contributed by atoms with van der Waals surface area (Å²) in [4.78, 5) is 4.64. The number of furan rings is 1. The molecule has 0 atom stereocenters. The van der Waals surface area contributed by atoms with Crippen molar-refractivity contribution in [3.05, 3.63) is 146 Å². The van der Waals surface area contributed by atoms with Crippen LogP contribution in [0.2, 0.25) is 0 Å². The number of benzene rings is 4. The summed E-state index contributed by atoms with van der Waals surface area (Å²) in [5.41, 5.74) is 10.3. The quantitative estimate of drug-likeness (QED) is 0.167. The molecule has 10 aromatic rings. The molecule has 0 unspecified atom stereocenters. The van der Waals surface area contributed by atoms with Gasteiger partial charge in [-0.05, 0) is 77.6 Å². The van der Waals surface area contributed by atoms with Gasteiger partial charge in [0.05, 0.1) is 22.9 Å². The van der Waals surface area contributed by atoms with Crippen molar-refractivity contribution in [1.29, 1.82) is 0 Å². The summed E-state index contributed by atoms with van der Waals surface area (Å²) in [6, 6.07) is 43.7. The van der Waals surface area contributed by atoms with Gasteiger partial charge < -0.3 is 13.7 Å². The second-order valence-corrected chi connectivity index (χ2v) is 11.4. The van der Waals surface area contributed by atoms with E-state index >= 15 is 0 Å². The Morgan fingerprint density at radius 1 is 0.638 bits per heavy atom. The molecule has 226 valence electrons. The average molecular weight is 787 g/mol. The summed E-state index contributed by atoms with van der Waals surface area (Å²) >= 11 is 0. The maximum absolute atomic E-state index is 6.86. The van der Waals surface area contributed by atoms with E-state index in [1.807, 2.05) is 70.0 Å². The van der Waals surface area contributed by atoms with Crippen LogP contribution in [0.15, 0.2) is 144 Å². The third kappa shape index (κ3) is 4.06. The Balaban J connectivity index is 0.00000302. The number of aromatic nitrogens is 6. The molecule has 6 aromatic heterocycles. The van der Waals surface area contributed by atoms with E-state index in [9.17, 15) is 0 Å². The molecule has 0 saturated heterocycles. The zero-order chi connectivity index (χ0) is 30.2. The van der Waals surface area contributed by atoms with E-state index in [1.54, 1.807) is 6.20 Å². The van der Waals surface area contributed by atoms with E-state index < -0.39 is 0 Å². The van der Waals surface area contributed by atoms with Gasteiger partial charge in [-0.15, -0.1) is 0 Å². The molecule has 4 aromatic carbocycles. The first kappa shape index (κ1) is 27.5. The van der Waals surface area contributed by atoms with Crippen molar-refractivity contribution in [2.75, 3.05) is 0 Å².